The number of rotatable bonds is 7. The number of aromatic nitrogens is 2. The highest BCUT2D eigenvalue weighted by Crippen LogP contribution is 2.41. The van der Waals surface area contributed by atoms with Crippen LogP contribution >= 0.6 is 34.9 Å². The summed E-state index contributed by atoms with van der Waals surface area (Å²) in [6, 6.07) is 7.61. The number of benzene rings is 1. The summed E-state index contributed by atoms with van der Waals surface area (Å²) in [5, 5.41) is 23.3. The highest BCUT2D eigenvalue weighted by atomic mass is 32.2. The van der Waals surface area contributed by atoms with Gasteiger partial charge in [0.1, 0.15) is 28.3 Å². The summed E-state index contributed by atoms with van der Waals surface area (Å²) >= 11 is 4.24. The zero-order valence-electron chi connectivity index (χ0n) is 16.8. The van der Waals surface area contributed by atoms with E-state index in [0.29, 0.717) is 17.1 Å². The van der Waals surface area contributed by atoms with Crippen LogP contribution in [-0.2, 0) is 9.59 Å². The summed E-state index contributed by atoms with van der Waals surface area (Å²) in [6.45, 7) is 1.85. The molecule has 3 heterocycles. The molecule has 1 aromatic heterocycles. The van der Waals surface area contributed by atoms with Crippen LogP contribution < -0.4 is 16.4 Å². The van der Waals surface area contributed by atoms with Crippen LogP contribution in [0.4, 0.5) is 4.79 Å². The van der Waals surface area contributed by atoms with Crippen molar-refractivity contribution in [3.63, 3.8) is 0 Å². The Morgan fingerprint density at radius 1 is 1.34 bits per heavy atom. The van der Waals surface area contributed by atoms with Crippen molar-refractivity contribution >= 4 is 52.8 Å². The van der Waals surface area contributed by atoms with E-state index in [1.54, 1.807) is 12.1 Å². The van der Waals surface area contributed by atoms with Crippen molar-refractivity contribution < 1.29 is 19.5 Å². The molecule has 3 amide bonds. The number of aliphatic carboxylic acids is 1. The molecule has 32 heavy (non-hydrogen) atoms. The van der Waals surface area contributed by atoms with Crippen LogP contribution in [0.1, 0.15) is 16.7 Å². The van der Waals surface area contributed by atoms with Crippen LogP contribution in [0, 0.1) is 6.92 Å². The van der Waals surface area contributed by atoms with Crippen molar-refractivity contribution in [2.24, 2.45) is 5.73 Å². The lowest BCUT2D eigenvalue weighted by Crippen LogP contribution is -2.71. The predicted octanol–water partition coefficient (Wildman–Crippen LogP) is 1.52. The SMILES string of the molecule is Cc1nnc(SCC2=C(C(=O)O)N3C(=O)C(NC(=O)NC(N)c4ccccc4)[C@H]3SC2)s1. The van der Waals surface area contributed by atoms with Crippen LogP contribution in [0.25, 0.3) is 0 Å². The molecule has 1 aromatic carbocycles. The lowest BCUT2D eigenvalue weighted by atomic mass is 10.0. The monoisotopic (exact) mass is 492 g/mol. The summed E-state index contributed by atoms with van der Waals surface area (Å²) in [6.07, 6.45) is -0.733. The van der Waals surface area contributed by atoms with Crippen molar-refractivity contribution in [3.05, 3.63) is 52.2 Å². The molecule has 13 heteroatoms. The second-order valence-electron chi connectivity index (χ2n) is 7.03. The number of fused-ring (bicyclic) bond motifs is 1. The molecule has 168 valence electrons. The summed E-state index contributed by atoms with van der Waals surface area (Å²) in [5.74, 6) is -0.798. The van der Waals surface area contributed by atoms with Gasteiger partial charge in [-0.05, 0) is 18.1 Å². The number of urea groups is 1. The smallest absolute Gasteiger partial charge is 0.352 e. The number of thioether (sulfide) groups is 2. The second-order valence-corrected chi connectivity index (χ2v) is 10.5. The van der Waals surface area contributed by atoms with E-state index in [4.69, 9.17) is 5.73 Å². The first-order valence-electron chi connectivity index (χ1n) is 9.55. The topological polar surface area (TPSA) is 151 Å². The van der Waals surface area contributed by atoms with Gasteiger partial charge in [0.15, 0.2) is 4.34 Å². The number of carbonyl (C=O) groups is 3. The Bertz CT molecular complexity index is 1080. The predicted molar refractivity (Wildman–Crippen MR) is 122 cm³/mol. The van der Waals surface area contributed by atoms with Gasteiger partial charge in [0, 0.05) is 11.5 Å². The van der Waals surface area contributed by atoms with E-state index in [-0.39, 0.29) is 5.70 Å². The van der Waals surface area contributed by atoms with E-state index in [9.17, 15) is 19.5 Å². The highest BCUT2D eigenvalue weighted by molar-refractivity contribution is 8.01. The summed E-state index contributed by atoms with van der Waals surface area (Å²) in [5.41, 5.74) is 7.33. The average Bonchev–Trinajstić information content (AvgIpc) is 3.20. The van der Waals surface area contributed by atoms with Gasteiger partial charge < -0.3 is 21.5 Å². The summed E-state index contributed by atoms with van der Waals surface area (Å²) < 4.78 is 0.743. The largest absolute Gasteiger partial charge is 0.477 e. The minimum absolute atomic E-state index is 0.0214. The molecular weight excluding hydrogens is 472 g/mol. The van der Waals surface area contributed by atoms with Gasteiger partial charge in [-0.1, -0.05) is 53.4 Å². The number of nitrogens with one attached hydrogen (secondary N) is 2. The maximum atomic E-state index is 12.7. The summed E-state index contributed by atoms with van der Waals surface area (Å²) in [7, 11) is 0. The number of carboxylic acids is 1. The van der Waals surface area contributed by atoms with Crippen molar-refractivity contribution in [3.8, 4) is 0 Å². The number of nitrogens with two attached hydrogens (primary N) is 1. The molecule has 0 radical (unpaired) electrons. The number of hydrogen-bond acceptors (Lipinski definition) is 9. The Balaban J connectivity index is 1.40. The average molecular weight is 493 g/mol. The van der Waals surface area contributed by atoms with E-state index in [0.717, 1.165) is 14.9 Å². The van der Waals surface area contributed by atoms with E-state index in [2.05, 4.69) is 20.8 Å². The summed E-state index contributed by atoms with van der Waals surface area (Å²) in [4.78, 5) is 38.3. The molecule has 5 N–H and O–H groups in total. The number of nitrogens with zero attached hydrogens (tertiary/aromatic N) is 3. The van der Waals surface area contributed by atoms with Crippen LogP contribution in [-0.4, -0.2) is 61.0 Å². The number of hydrogen-bond donors (Lipinski definition) is 4. The molecule has 2 unspecified atom stereocenters. The van der Waals surface area contributed by atoms with E-state index < -0.39 is 35.5 Å². The Morgan fingerprint density at radius 3 is 2.75 bits per heavy atom. The molecule has 1 saturated heterocycles. The van der Waals surface area contributed by atoms with E-state index in [1.165, 1.54) is 39.8 Å². The first-order chi connectivity index (χ1) is 15.3. The van der Waals surface area contributed by atoms with Crippen molar-refractivity contribution in [1.82, 2.24) is 25.7 Å². The number of amides is 3. The third-order valence-corrected chi connectivity index (χ3v) is 8.26. The molecule has 0 spiro atoms. The van der Waals surface area contributed by atoms with Crippen LogP contribution in [0.15, 0.2) is 45.9 Å². The van der Waals surface area contributed by atoms with Crippen LogP contribution in [0.3, 0.4) is 0 Å². The third kappa shape index (κ3) is 4.60. The Hall–Kier alpha value is -2.61. The molecule has 1 fully saturated rings. The quantitative estimate of drug-likeness (QED) is 0.256. The standard InChI is InChI=1S/C19H20N6O4S3/c1-9-23-24-19(32-9)31-8-11-7-30-16-12(15(26)25(16)13(11)17(27)28)21-18(29)22-14(20)10-5-3-2-4-6-10/h2-6,12,14,16H,7-8,20H2,1H3,(H,27,28)(H2,21,22,29)/t12?,14?,16-/m1/s1. The maximum Gasteiger partial charge on any atom is 0.352 e. The van der Waals surface area contributed by atoms with Gasteiger partial charge in [0.05, 0.1) is 0 Å². The second kappa shape index (κ2) is 9.48. The van der Waals surface area contributed by atoms with Gasteiger partial charge in [-0.3, -0.25) is 9.69 Å². The molecule has 2 aliphatic heterocycles. The van der Waals surface area contributed by atoms with Gasteiger partial charge in [0.25, 0.3) is 5.91 Å². The fourth-order valence-electron chi connectivity index (χ4n) is 3.35. The molecule has 2 aromatic rings. The van der Waals surface area contributed by atoms with Crippen molar-refractivity contribution in [2.45, 2.75) is 28.8 Å². The molecule has 10 nitrogen and oxygen atoms in total. The molecule has 0 aliphatic carbocycles. The Labute approximate surface area is 196 Å². The van der Waals surface area contributed by atoms with Crippen molar-refractivity contribution in [1.29, 1.82) is 0 Å². The highest BCUT2D eigenvalue weighted by Gasteiger charge is 2.54. The lowest BCUT2D eigenvalue weighted by molar-refractivity contribution is -0.148. The van der Waals surface area contributed by atoms with Gasteiger partial charge in [-0.15, -0.1) is 22.0 Å². The first kappa shape index (κ1) is 22.6. The number of aryl methyl sites for hydroxylation is 1. The number of β-lactam (4-membered cyclic amide) rings is 1. The maximum absolute atomic E-state index is 12.7. The molecule has 0 saturated carbocycles. The first-order valence-corrected chi connectivity index (χ1v) is 12.4. The van der Waals surface area contributed by atoms with Gasteiger partial charge >= 0.3 is 12.0 Å². The minimum atomic E-state index is -1.17. The molecule has 2 aliphatic rings. The molecule has 0 bridgehead atoms. The lowest BCUT2D eigenvalue weighted by Gasteiger charge is -2.49. The Morgan fingerprint density at radius 2 is 2.09 bits per heavy atom. The van der Waals surface area contributed by atoms with Crippen molar-refractivity contribution in [2.75, 3.05) is 11.5 Å². The minimum Gasteiger partial charge on any atom is -0.477 e. The van der Waals surface area contributed by atoms with Crippen LogP contribution in [0.2, 0.25) is 0 Å². The zero-order chi connectivity index (χ0) is 22.8. The zero-order valence-corrected chi connectivity index (χ0v) is 19.3. The van der Waals surface area contributed by atoms with Crippen LogP contribution in [0.5, 0.6) is 0 Å². The van der Waals surface area contributed by atoms with Gasteiger partial charge in [-0.2, -0.15) is 0 Å². The van der Waals surface area contributed by atoms with E-state index in [1.807, 2.05) is 25.1 Å². The van der Waals surface area contributed by atoms with E-state index >= 15 is 0 Å². The molecular formula is C19H20N6O4S3. The fourth-order valence-corrected chi connectivity index (χ4v) is 6.65. The number of carboxylic acid groups (broad SMARTS) is 1. The van der Waals surface area contributed by atoms with Gasteiger partial charge in [0.2, 0.25) is 0 Å². The molecule has 3 atom stereocenters. The normalized spacial score (nSPS) is 20.9. The Kier molecular flexibility index (Phi) is 6.69. The molecule has 4 rings (SSSR count). The van der Waals surface area contributed by atoms with Gasteiger partial charge in [-0.25, -0.2) is 9.59 Å². The fraction of sp³-hybridized carbons (Fsp3) is 0.316. The number of carbonyl (C=O) groups excluding carboxylic acids is 2. The third-order valence-electron chi connectivity index (χ3n) is 4.86.